The molecule has 0 bridgehead atoms. The summed E-state index contributed by atoms with van der Waals surface area (Å²) in [6.07, 6.45) is 0.790. The average molecular weight is 283 g/mol. The molecule has 110 valence electrons. The van der Waals surface area contributed by atoms with Crippen molar-refractivity contribution in [3.8, 4) is 0 Å². The Labute approximate surface area is 116 Å². The van der Waals surface area contributed by atoms with Gasteiger partial charge < -0.3 is 9.80 Å². The monoisotopic (exact) mass is 283 g/mol. The number of hydrogen-bond acceptors (Lipinski definition) is 4. The molecule has 0 unspecified atom stereocenters. The molecule has 0 atom stereocenters. The molecule has 0 aromatic heterocycles. The van der Waals surface area contributed by atoms with Crippen LogP contribution < -0.4 is 0 Å². The van der Waals surface area contributed by atoms with E-state index in [0.717, 1.165) is 25.1 Å². The van der Waals surface area contributed by atoms with Crippen LogP contribution in [0, 0.1) is 15.9 Å². The molecule has 1 amide bonds. The minimum atomic E-state index is -0.943. The van der Waals surface area contributed by atoms with Gasteiger partial charge in [0.05, 0.1) is 4.92 Å². The standard InChI is InChI=1S/C13H18FN3O3/c1-15(2)7-4-8-16(3)13(18)10-5-6-11(14)12(9-10)17(19)20/h5-6,9H,4,7-8H2,1-3H3. The van der Waals surface area contributed by atoms with Crippen LogP contribution in [0.3, 0.4) is 0 Å². The summed E-state index contributed by atoms with van der Waals surface area (Å²) in [7, 11) is 5.49. The minimum absolute atomic E-state index is 0.116. The Hall–Kier alpha value is -2.02. The van der Waals surface area contributed by atoms with Crippen LogP contribution in [0.2, 0.25) is 0 Å². The Balaban J connectivity index is 2.76. The molecule has 0 saturated heterocycles. The van der Waals surface area contributed by atoms with Gasteiger partial charge in [-0.05, 0) is 39.2 Å². The molecule has 0 saturated carbocycles. The van der Waals surface area contributed by atoms with Crippen molar-refractivity contribution in [3.05, 3.63) is 39.7 Å². The second-order valence-electron chi connectivity index (χ2n) is 4.81. The molecular weight excluding hydrogens is 265 g/mol. The number of benzene rings is 1. The molecule has 0 N–H and O–H groups in total. The predicted octanol–water partition coefficient (Wildman–Crippen LogP) is 1.76. The van der Waals surface area contributed by atoms with Crippen molar-refractivity contribution >= 4 is 11.6 Å². The number of rotatable bonds is 6. The van der Waals surface area contributed by atoms with Crippen molar-refractivity contribution in [3.63, 3.8) is 0 Å². The highest BCUT2D eigenvalue weighted by atomic mass is 19.1. The van der Waals surface area contributed by atoms with E-state index in [4.69, 9.17) is 0 Å². The Morgan fingerprint density at radius 2 is 1.95 bits per heavy atom. The number of amides is 1. The first-order chi connectivity index (χ1) is 9.32. The van der Waals surface area contributed by atoms with Crippen LogP contribution in [0.4, 0.5) is 10.1 Å². The molecule has 0 aliphatic carbocycles. The fourth-order valence-corrected chi connectivity index (χ4v) is 1.73. The van der Waals surface area contributed by atoms with E-state index in [1.807, 2.05) is 19.0 Å². The van der Waals surface area contributed by atoms with E-state index in [9.17, 15) is 19.3 Å². The summed E-state index contributed by atoms with van der Waals surface area (Å²) >= 11 is 0. The zero-order valence-corrected chi connectivity index (χ0v) is 11.8. The number of hydrogen-bond donors (Lipinski definition) is 0. The Morgan fingerprint density at radius 3 is 2.50 bits per heavy atom. The lowest BCUT2D eigenvalue weighted by Crippen LogP contribution is -2.29. The zero-order chi connectivity index (χ0) is 15.3. The molecule has 1 rings (SSSR count). The summed E-state index contributed by atoms with van der Waals surface area (Å²) in [5.41, 5.74) is -0.567. The maximum atomic E-state index is 13.2. The van der Waals surface area contributed by atoms with Crippen molar-refractivity contribution in [2.75, 3.05) is 34.2 Å². The van der Waals surface area contributed by atoms with Crippen LogP contribution in [0.5, 0.6) is 0 Å². The molecule has 0 radical (unpaired) electrons. The van der Waals surface area contributed by atoms with Crippen LogP contribution in [-0.4, -0.2) is 54.9 Å². The largest absolute Gasteiger partial charge is 0.342 e. The third-order valence-electron chi connectivity index (χ3n) is 2.84. The van der Waals surface area contributed by atoms with Crippen LogP contribution >= 0.6 is 0 Å². The third-order valence-corrected chi connectivity index (χ3v) is 2.84. The molecule has 0 fully saturated rings. The van der Waals surface area contributed by atoms with E-state index in [0.29, 0.717) is 6.54 Å². The molecule has 7 heteroatoms. The van der Waals surface area contributed by atoms with Gasteiger partial charge in [-0.3, -0.25) is 14.9 Å². The van der Waals surface area contributed by atoms with Gasteiger partial charge in [0.15, 0.2) is 0 Å². The van der Waals surface area contributed by atoms with E-state index >= 15 is 0 Å². The maximum Gasteiger partial charge on any atom is 0.305 e. The summed E-state index contributed by atoms with van der Waals surface area (Å²) in [6, 6.07) is 3.17. The maximum absolute atomic E-state index is 13.2. The van der Waals surface area contributed by atoms with E-state index < -0.39 is 16.4 Å². The smallest absolute Gasteiger partial charge is 0.305 e. The van der Waals surface area contributed by atoms with Crippen LogP contribution in [-0.2, 0) is 0 Å². The van der Waals surface area contributed by atoms with E-state index in [1.54, 1.807) is 7.05 Å². The van der Waals surface area contributed by atoms with Gasteiger partial charge in [0.2, 0.25) is 5.82 Å². The Morgan fingerprint density at radius 1 is 1.30 bits per heavy atom. The normalized spacial score (nSPS) is 10.7. The van der Waals surface area contributed by atoms with Gasteiger partial charge in [0.25, 0.3) is 5.91 Å². The molecule has 1 aromatic carbocycles. The Bertz CT molecular complexity index is 506. The van der Waals surface area contributed by atoms with Gasteiger partial charge in [-0.1, -0.05) is 0 Å². The highest BCUT2D eigenvalue weighted by Crippen LogP contribution is 2.19. The number of carbonyl (C=O) groups is 1. The topological polar surface area (TPSA) is 66.7 Å². The lowest BCUT2D eigenvalue weighted by molar-refractivity contribution is -0.387. The first-order valence-electron chi connectivity index (χ1n) is 6.17. The van der Waals surface area contributed by atoms with Gasteiger partial charge in [0.1, 0.15) is 0 Å². The number of carbonyl (C=O) groups excluding carboxylic acids is 1. The lowest BCUT2D eigenvalue weighted by atomic mass is 10.1. The first kappa shape index (κ1) is 16.0. The SMILES string of the molecule is CN(C)CCCN(C)C(=O)c1ccc(F)c([N+](=O)[O-])c1. The third kappa shape index (κ3) is 4.27. The van der Waals surface area contributed by atoms with Gasteiger partial charge in [0, 0.05) is 25.2 Å². The fraction of sp³-hybridized carbons (Fsp3) is 0.462. The zero-order valence-electron chi connectivity index (χ0n) is 11.8. The van der Waals surface area contributed by atoms with Crippen molar-refractivity contribution < 1.29 is 14.1 Å². The summed E-state index contributed by atoms with van der Waals surface area (Å²) in [4.78, 5) is 25.4. The predicted molar refractivity (Wildman–Crippen MR) is 73.2 cm³/mol. The minimum Gasteiger partial charge on any atom is -0.342 e. The summed E-state index contributed by atoms with van der Waals surface area (Å²) < 4.78 is 13.2. The van der Waals surface area contributed by atoms with Crippen LogP contribution in [0.15, 0.2) is 18.2 Å². The van der Waals surface area contributed by atoms with Crippen LogP contribution in [0.1, 0.15) is 16.8 Å². The van der Waals surface area contributed by atoms with Crippen molar-refractivity contribution in [2.45, 2.75) is 6.42 Å². The second-order valence-corrected chi connectivity index (χ2v) is 4.81. The van der Waals surface area contributed by atoms with Gasteiger partial charge in [-0.25, -0.2) is 0 Å². The number of nitro groups is 1. The van der Waals surface area contributed by atoms with E-state index in [2.05, 4.69) is 0 Å². The van der Waals surface area contributed by atoms with Gasteiger partial charge in [-0.15, -0.1) is 0 Å². The van der Waals surface area contributed by atoms with Crippen molar-refractivity contribution in [1.29, 1.82) is 0 Å². The summed E-state index contributed by atoms with van der Waals surface area (Å²) in [6.45, 7) is 1.36. The second kappa shape index (κ2) is 6.95. The van der Waals surface area contributed by atoms with Crippen molar-refractivity contribution in [1.82, 2.24) is 9.80 Å². The van der Waals surface area contributed by atoms with Crippen molar-refractivity contribution in [2.24, 2.45) is 0 Å². The van der Waals surface area contributed by atoms with E-state index in [-0.39, 0.29) is 11.5 Å². The average Bonchev–Trinajstić information content (AvgIpc) is 2.37. The Kier molecular flexibility index (Phi) is 5.57. The van der Waals surface area contributed by atoms with Crippen LogP contribution in [0.25, 0.3) is 0 Å². The molecular formula is C13H18FN3O3. The number of halogens is 1. The fourth-order valence-electron chi connectivity index (χ4n) is 1.73. The molecule has 6 nitrogen and oxygen atoms in total. The molecule has 1 aromatic rings. The summed E-state index contributed by atoms with van der Waals surface area (Å²) in [5.74, 6) is -1.30. The van der Waals surface area contributed by atoms with E-state index in [1.165, 1.54) is 11.0 Å². The lowest BCUT2D eigenvalue weighted by Gasteiger charge is -2.18. The molecule has 0 heterocycles. The summed E-state index contributed by atoms with van der Waals surface area (Å²) in [5, 5.41) is 10.6. The molecule has 20 heavy (non-hydrogen) atoms. The number of nitro benzene ring substituents is 1. The molecule has 0 aliphatic heterocycles. The van der Waals surface area contributed by atoms with Gasteiger partial charge in [-0.2, -0.15) is 4.39 Å². The van der Waals surface area contributed by atoms with Gasteiger partial charge >= 0.3 is 5.69 Å². The molecule has 0 spiro atoms. The molecule has 0 aliphatic rings. The quantitative estimate of drug-likeness (QED) is 0.589. The first-order valence-corrected chi connectivity index (χ1v) is 6.17. The number of nitrogens with zero attached hydrogens (tertiary/aromatic N) is 3. The highest BCUT2D eigenvalue weighted by molar-refractivity contribution is 5.94. The highest BCUT2D eigenvalue weighted by Gasteiger charge is 2.19.